The van der Waals surface area contributed by atoms with Gasteiger partial charge in [-0.05, 0) is 51.4 Å². The Hall–Kier alpha value is 0.310. The van der Waals surface area contributed by atoms with Crippen LogP contribution in [0.5, 0.6) is 0 Å². The van der Waals surface area contributed by atoms with Crippen molar-refractivity contribution >= 4 is 41.7 Å². The van der Waals surface area contributed by atoms with Gasteiger partial charge in [0.05, 0.1) is 6.54 Å². The predicted molar refractivity (Wildman–Crippen MR) is 110 cm³/mol. The van der Waals surface area contributed by atoms with Gasteiger partial charge >= 0.3 is 0 Å². The molecule has 2 rings (SSSR count). The minimum absolute atomic E-state index is 0. The van der Waals surface area contributed by atoms with Gasteiger partial charge in [-0.15, -0.1) is 24.0 Å². The molecule has 2 saturated heterocycles. The van der Waals surface area contributed by atoms with Crippen molar-refractivity contribution in [2.24, 2.45) is 4.99 Å². The number of likely N-dealkylation sites (N-methyl/N-ethyl adjacent to an activating group) is 1. The maximum absolute atomic E-state index is 4.87. The number of guanidine groups is 1. The molecular weight excluding hydrogens is 407 g/mol. The Morgan fingerprint density at radius 1 is 1.23 bits per heavy atom. The molecule has 0 aromatic carbocycles. The van der Waals surface area contributed by atoms with E-state index in [9.17, 15) is 0 Å². The number of thioether (sulfide) groups is 1. The molecule has 0 amide bonds. The third-order valence-electron chi connectivity index (χ3n) is 4.46. The first kappa shape index (κ1) is 20.4. The smallest absolute Gasteiger partial charge is 0.191 e. The number of halogens is 1. The summed E-state index contributed by atoms with van der Waals surface area (Å²) in [6, 6.07) is 1.23. The van der Waals surface area contributed by atoms with E-state index in [0.717, 1.165) is 25.6 Å². The van der Waals surface area contributed by atoms with E-state index < -0.39 is 0 Å². The Labute approximate surface area is 157 Å². The van der Waals surface area contributed by atoms with Gasteiger partial charge in [0.2, 0.25) is 0 Å². The predicted octanol–water partition coefficient (Wildman–Crippen LogP) is 2.93. The molecule has 2 unspecified atom stereocenters. The lowest BCUT2D eigenvalue weighted by molar-refractivity contribution is 0.161. The highest BCUT2D eigenvalue weighted by Gasteiger charge is 2.21. The molecule has 0 spiro atoms. The second-order valence-electron chi connectivity index (χ2n) is 6.06. The van der Waals surface area contributed by atoms with E-state index in [1.165, 1.54) is 50.2 Å². The van der Waals surface area contributed by atoms with Gasteiger partial charge in [0.25, 0.3) is 0 Å². The highest BCUT2D eigenvalue weighted by Crippen LogP contribution is 2.18. The van der Waals surface area contributed by atoms with Gasteiger partial charge in [-0.25, -0.2) is 0 Å². The molecule has 2 heterocycles. The van der Waals surface area contributed by atoms with Gasteiger partial charge in [0, 0.05) is 24.4 Å². The van der Waals surface area contributed by atoms with E-state index >= 15 is 0 Å². The normalized spacial score (nSPS) is 27.1. The monoisotopic (exact) mass is 440 g/mol. The summed E-state index contributed by atoms with van der Waals surface area (Å²) in [5.41, 5.74) is 0. The molecule has 2 fully saturated rings. The Morgan fingerprint density at radius 3 is 2.77 bits per heavy atom. The van der Waals surface area contributed by atoms with Crippen molar-refractivity contribution in [2.75, 3.05) is 37.7 Å². The molecule has 2 aliphatic heterocycles. The highest BCUT2D eigenvalue weighted by atomic mass is 127. The number of aliphatic imine (C=N–C) groups is 1. The average Bonchev–Trinajstić information content (AvgIpc) is 2.54. The molecule has 130 valence electrons. The number of nitrogens with one attached hydrogen (secondary N) is 2. The van der Waals surface area contributed by atoms with Crippen LogP contribution in [0.15, 0.2) is 4.99 Å². The van der Waals surface area contributed by atoms with E-state index in [1.807, 2.05) is 0 Å². The van der Waals surface area contributed by atoms with Crippen molar-refractivity contribution in [3.8, 4) is 0 Å². The Balaban J connectivity index is 0.00000242. The lowest BCUT2D eigenvalue weighted by atomic mass is 10.0. The Bertz CT molecular complexity index is 321. The number of rotatable bonds is 5. The van der Waals surface area contributed by atoms with Crippen LogP contribution in [0, 0.1) is 0 Å². The summed E-state index contributed by atoms with van der Waals surface area (Å²) in [5, 5.41) is 7.04. The van der Waals surface area contributed by atoms with Crippen molar-refractivity contribution < 1.29 is 0 Å². The number of nitrogens with zero attached hydrogens (tertiary/aromatic N) is 2. The zero-order chi connectivity index (χ0) is 14.9. The van der Waals surface area contributed by atoms with Crippen LogP contribution in [0.1, 0.15) is 46.0 Å². The zero-order valence-corrected chi connectivity index (χ0v) is 17.3. The van der Waals surface area contributed by atoms with Gasteiger partial charge < -0.3 is 10.6 Å². The number of piperidine rings is 1. The summed E-state index contributed by atoms with van der Waals surface area (Å²) in [6.07, 6.45) is 6.62. The first-order chi connectivity index (χ1) is 10.3. The van der Waals surface area contributed by atoms with Crippen molar-refractivity contribution in [1.29, 1.82) is 0 Å². The average molecular weight is 440 g/mol. The van der Waals surface area contributed by atoms with E-state index in [4.69, 9.17) is 4.99 Å². The van der Waals surface area contributed by atoms with Crippen LogP contribution < -0.4 is 10.6 Å². The molecule has 0 aliphatic carbocycles. The van der Waals surface area contributed by atoms with Gasteiger partial charge in [0.1, 0.15) is 0 Å². The van der Waals surface area contributed by atoms with Gasteiger partial charge in [0.15, 0.2) is 5.96 Å². The molecule has 0 bridgehead atoms. The Morgan fingerprint density at radius 2 is 2.09 bits per heavy atom. The van der Waals surface area contributed by atoms with Gasteiger partial charge in [-0.3, -0.25) is 9.89 Å². The SMILES string of the molecule is CCNC(=NCC1CCCCN1CC)NC1CCCSC1.I. The van der Waals surface area contributed by atoms with E-state index in [1.54, 1.807) is 0 Å². The summed E-state index contributed by atoms with van der Waals surface area (Å²) >= 11 is 2.06. The fraction of sp³-hybridized carbons (Fsp3) is 0.938. The van der Waals surface area contributed by atoms with Crippen molar-refractivity contribution in [3.05, 3.63) is 0 Å². The molecule has 2 atom stereocenters. The first-order valence-corrected chi connectivity index (χ1v) is 9.85. The molecule has 22 heavy (non-hydrogen) atoms. The molecule has 0 saturated carbocycles. The van der Waals surface area contributed by atoms with Crippen LogP contribution >= 0.6 is 35.7 Å². The molecular formula is C16H33IN4S. The summed E-state index contributed by atoms with van der Waals surface area (Å²) in [4.78, 5) is 7.46. The van der Waals surface area contributed by atoms with Crippen molar-refractivity contribution in [3.63, 3.8) is 0 Å². The number of likely N-dealkylation sites (tertiary alicyclic amines) is 1. The summed E-state index contributed by atoms with van der Waals surface area (Å²) in [5.74, 6) is 3.56. The maximum Gasteiger partial charge on any atom is 0.191 e. The van der Waals surface area contributed by atoms with Gasteiger partial charge in [-0.2, -0.15) is 11.8 Å². The lowest BCUT2D eigenvalue weighted by Crippen LogP contribution is -2.47. The van der Waals surface area contributed by atoms with Crippen molar-refractivity contribution in [2.45, 2.75) is 58.0 Å². The maximum atomic E-state index is 4.87. The van der Waals surface area contributed by atoms with Crippen LogP contribution in [0.25, 0.3) is 0 Å². The minimum atomic E-state index is 0. The molecule has 0 aromatic rings. The quantitative estimate of drug-likeness (QED) is 0.392. The lowest BCUT2D eigenvalue weighted by Gasteiger charge is -2.34. The zero-order valence-electron chi connectivity index (χ0n) is 14.1. The minimum Gasteiger partial charge on any atom is -0.357 e. The number of hydrogen-bond donors (Lipinski definition) is 2. The molecule has 2 aliphatic rings. The van der Waals surface area contributed by atoms with E-state index in [2.05, 4.69) is 41.1 Å². The van der Waals surface area contributed by atoms with Crippen LogP contribution in [-0.4, -0.2) is 60.6 Å². The van der Waals surface area contributed by atoms with Crippen LogP contribution in [0.4, 0.5) is 0 Å². The largest absolute Gasteiger partial charge is 0.357 e. The van der Waals surface area contributed by atoms with Crippen molar-refractivity contribution in [1.82, 2.24) is 15.5 Å². The van der Waals surface area contributed by atoms with Crippen LogP contribution in [0.3, 0.4) is 0 Å². The second kappa shape index (κ2) is 11.8. The second-order valence-corrected chi connectivity index (χ2v) is 7.21. The fourth-order valence-electron chi connectivity index (χ4n) is 3.25. The van der Waals surface area contributed by atoms with Gasteiger partial charge in [-0.1, -0.05) is 13.3 Å². The van der Waals surface area contributed by atoms with Crippen LogP contribution in [0.2, 0.25) is 0 Å². The topological polar surface area (TPSA) is 39.7 Å². The first-order valence-electron chi connectivity index (χ1n) is 8.70. The summed E-state index contributed by atoms with van der Waals surface area (Å²) in [6.45, 7) is 8.69. The van der Waals surface area contributed by atoms with E-state index in [0.29, 0.717) is 12.1 Å². The molecule has 0 radical (unpaired) electrons. The standard InChI is InChI=1S/C16H32N4S.HI/c1-3-17-16(19-14-8-7-11-21-13-14)18-12-15-9-5-6-10-20(15)4-2;/h14-15H,3-13H2,1-2H3,(H2,17,18,19);1H. The molecule has 0 aromatic heterocycles. The number of hydrogen-bond acceptors (Lipinski definition) is 3. The molecule has 2 N–H and O–H groups in total. The Kier molecular flexibility index (Phi) is 10.9. The molecule has 4 nitrogen and oxygen atoms in total. The third-order valence-corrected chi connectivity index (χ3v) is 5.68. The molecule has 6 heteroatoms. The highest BCUT2D eigenvalue weighted by molar-refractivity contribution is 14.0. The van der Waals surface area contributed by atoms with E-state index in [-0.39, 0.29) is 24.0 Å². The summed E-state index contributed by atoms with van der Waals surface area (Å²) in [7, 11) is 0. The summed E-state index contributed by atoms with van der Waals surface area (Å²) < 4.78 is 0. The third kappa shape index (κ3) is 6.83. The fourth-order valence-corrected chi connectivity index (χ4v) is 4.32. The van der Waals surface area contributed by atoms with Crippen LogP contribution in [-0.2, 0) is 0 Å².